The molecule has 0 fully saturated rings. The van der Waals surface area contributed by atoms with Crippen molar-refractivity contribution < 1.29 is 9.53 Å². The zero-order valence-corrected chi connectivity index (χ0v) is 17.0. The predicted molar refractivity (Wildman–Crippen MR) is 115 cm³/mol. The Labute approximate surface area is 170 Å². The van der Waals surface area contributed by atoms with Gasteiger partial charge in [0.05, 0.1) is 18.1 Å². The quantitative estimate of drug-likeness (QED) is 0.440. The van der Waals surface area contributed by atoms with Gasteiger partial charge in [-0.15, -0.1) is 0 Å². The average Bonchev–Trinajstić information content (AvgIpc) is 3.11. The minimum Gasteiger partial charge on any atom is -0.496 e. The molecule has 1 heterocycles. The number of halogens is 1. The van der Waals surface area contributed by atoms with E-state index in [1.165, 1.54) is 0 Å². The molecular formula is C22H18BrN3O2. The van der Waals surface area contributed by atoms with Crippen LogP contribution in [0.4, 0.5) is 5.69 Å². The number of methoxy groups -OCH3 is 1. The van der Waals surface area contributed by atoms with Gasteiger partial charge in [0.1, 0.15) is 11.6 Å². The van der Waals surface area contributed by atoms with E-state index in [1.807, 2.05) is 55.5 Å². The summed E-state index contributed by atoms with van der Waals surface area (Å²) in [4.78, 5) is 20.4. The molecule has 0 saturated carbocycles. The van der Waals surface area contributed by atoms with Gasteiger partial charge in [-0.25, -0.2) is 4.98 Å². The number of imidazole rings is 1. The van der Waals surface area contributed by atoms with Crippen LogP contribution in [0.25, 0.3) is 22.4 Å². The number of aromatic nitrogens is 2. The van der Waals surface area contributed by atoms with Gasteiger partial charge in [-0.3, -0.25) is 4.79 Å². The van der Waals surface area contributed by atoms with E-state index < -0.39 is 0 Å². The Kier molecular flexibility index (Phi) is 4.88. The summed E-state index contributed by atoms with van der Waals surface area (Å²) in [5.74, 6) is 1.39. The van der Waals surface area contributed by atoms with Gasteiger partial charge >= 0.3 is 0 Å². The number of carbonyl (C=O) groups is 1. The number of aromatic amines is 1. The van der Waals surface area contributed by atoms with E-state index in [0.717, 1.165) is 43.9 Å². The SMILES string of the molecule is COc1ccc(C(=O)Nc2ccc(-c3nc4cc(Br)ccc4[nH]3)cc2)cc1C. The number of hydrogen-bond acceptors (Lipinski definition) is 3. The van der Waals surface area contributed by atoms with E-state index in [1.54, 1.807) is 19.2 Å². The number of nitrogens with zero attached hydrogens (tertiary/aromatic N) is 1. The fourth-order valence-electron chi connectivity index (χ4n) is 3.05. The fourth-order valence-corrected chi connectivity index (χ4v) is 3.40. The lowest BCUT2D eigenvalue weighted by Gasteiger charge is -2.09. The van der Waals surface area contributed by atoms with Crippen molar-refractivity contribution in [3.63, 3.8) is 0 Å². The molecule has 0 bridgehead atoms. The third-order valence-electron chi connectivity index (χ3n) is 4.52. The lowest BCUT2D eigenvalue weighted by Crippen LogP contribution is -2.12. The molecule has 5 nitrogen and oxygen atoms in total. The Morgan fingerprint density at radius 2 is 1.86 bits per heavy atom. The Hall–Kier alpha value is -3.12. The van der Waals surface area contributed by atoms with Crippen LogP contribution in [0.15, 0.2) is 65.1 Å². The molecule has 4 aromatic rings. The number of nitrogens with one attached hydrogen (secondary N) is 2. The molecule has 3 aromatic carbocycles. The molecule has 2 N–H and O–H groups in total. The van der Waals surface area contributed by atoms with Gasteiger partial charge < -0.3 is 15.0 Å². The van der Waals surface area contributed by atoms with Gasteiger partial charge in [-0.05, 0) is 73.2 Å². The highest BCUT2D eigenvalue weighted by Gasteiger charge is 2.10. The maximum absolute atomic E-state index is 12.5. The summed E-state index contributed by atoms with van der Waals surface area (Å²) in [7, 11) is 1.62. The summed E-state index contributed by atoms with van der Waals surface area (Å²) in [6.45, 7) is 1.91. The maximum Gasteiger partial charge on any atom is 0.255 e. The van der Waals surface area contributed by atoms with Gasteiger partial charge in [-0.2, -0.15) is 0 Å². The van der Waals surface area contributed by atoms with Gasteiger partial charge in [0, 0.05) is 21.3 Å². The Morgan fingerprint density at radius 3 is 2.57 bits per heavy atom. The second-order valence-electron chi connectivity index (χ2n) is 6.46. The van der Waals surface area contributed by atoms with Crippen molar-refractivity contribution in [1.82, 2.24) is 9.97 Å². The van der Waals surface area contributed by atoms with Gasteiger partial charge in [-0.1, -0.05) is 15.9 Å². The largest absolute Gasteiger partial charge is 0.496 e. The summed E-state index contributed by atoms with van der Waals surface area (Å²) in [6, 6.07) is 18.9. The molecule has 0 aliphatic rings. The molecule has 0 unspecified atom stereocenters. The zero-order valence-electron chi connectivity index (χ0n) is 15.4. The molecule has 0 atom stereocenters. The van der Waals surface area contributed by atoms with E-state index >= 15 is 0 Å². The highest BCUT2D eigenvalue weighted by atomic mass is 79.9. The topological polar surface area (TPSA) is 67.0 Å². The van der Waals surface area contributed by atoms with Crippen molar-refractivity contribution in [3.05, 3.63) is 76.3 Å². The molecule has 0 saturated heterocycles. The second-order valence-corrected chi connectivity index (χ2v) is 7.38. The van der Waals surface area contributed by atoms with Crippen LogP contribution in [0, 0.1) is 6.92 Å². The Bertz CT molecular complexity index is 1170. The molecule has 0 spiro atoms. The first-order valence-corrected chi connectivity index (χ1v) is 9.54. The monoisotopic (exact) mass is 435 g/mol. The zero-order chi connectivity index (χ0) is 19.7. The standard InChI is InChI=1S/C22H18BrN3O2/c1-13-11-15(5-10-20(13)28-2)22(27)24-17-7-3-14(4-8-17)21-25-18-9-6-16(23)12-19(18)26-21/h3-12H,1-2H3,(H,24,27)(H,25,26). The maximum atomic E-state index is 12.5. The number of fused-ring (bicyclic) bond motifs is 1. The van der Waals surface area contributed by atoms with E-state index in [2.05, 4.69) is 31.2 Å². The number of aryl methyl sites for hydroxylation is 1. The third-order valence-corrected chi connectivity index (χ3v) is 5.01. The molecule has 4 rings (SSSR count). The van der Waals surface area contributed by atoms with Crippen molar-refractivity contribution in [1.29, 1.82) is 0 Å². The minimum absolute atomic E-state index is 0.160. The molecule has 1 aromatic heterocycles. The van der Waals surface area contributed by atoms with Gasteiger partial charge in [0.2, 0.25) is 0 Å². The van der Waals surface area contributed by atoms with Crippen LogP contribution in [0.2, 0.25) is 0 Å². The first kappa shape index (κ1) is 18.3. The molecule has 6 heteroatoms. The first-order valence-electron chi connectivity index (χ1n) is 8.75. The smallest absolute Gasteiger partial charge is 0.255 e. The van der Waals surface area contributed by atoms with E-state index in [-0.39, 0.29) is 5.91 Å². The molecular weight excluding hydrogens is 418 g/mol. The number of anilines is 1. The second kappa shape index (κ2) is 7.48. The van der Waals surface area contributed by atoms with Crippen molar-refractivity contribution >= 4 is 38.6 Å². The number of H-pyrrole nitrogens is 1. The highest BCUT2D eigenvalue weighted by molar-refractivity contribution is 9.10. The van der Waals surface area contributed by atoms with E-state index in [9.17, 15) is 4.79 Å². The number of benzene rings is 3. The van der Waals surface area contributed by atoms with Crippen molar-refractivity contribution in [2.24, 2.45) is 0 Å². The fraction of sp³-hybridized carbons (Fsp3) is 0.0909. The van der Waals surface area contributed by atoms with Crippen LogP contribution in [0.1, 0.15) is 15.9 Å². The molecule has 0 aliphatic heterocycles. The normalized spacial score (nSPS) is 10.8. The minimum atomic E-state index is -0.160. The lowest BCUT2D eigenvalue weighted by molar-refractivity contribution is 0.102. The van der Waals surface area contributed by atoms with Crippen LogP contribution < -0.4 is 10.1 Å². The summed E-state index contributed by atoms with van der Waals surface area (Å²) in [6.07, 6.45) is 0. The van der Waals surface area contributed by atoms with Gasteiger partial charge in [0.15, 0.2) is 0 Å². The molecule has 1 amide bonds. The van der Waals surface area contributed by atoms with E-state index in [0.29, 0.717) is 5.56 Å². The number of carbonyl (C=O) groups excluding carboxylic acids is 1. The average molecular weight is 436 g/mol. The molecule has 0 radical (unpaired) electrons. The van der Waals surface area contributed by atoms with Crippen molar-refractivity contribution in [2.45, 2.75) is 6.92 Å². The Morgan fingerprint density at radius 1 is 1.07 bits per heavy atom. The van der Waals surface area contributed by atoms with Crippen LogP contribution in [-0.2, 0) is 0 Å². The number of rotatable bonds is 4. The summed E-state index contributed by atoms with van der Waals surface area (Å²) < 4.78 is 6.23. The molecule has 28 heavy (non-hydrogen) atoms. The Balaban J connectivity index is 1.52. The summed E-state index contributed by atoms with van der Waals surface area (Å²) >= 11 is 3.46. The van der Waals surface area contributed by atoms with Crippen molar-refractivity contribution in [3.8, 4) is 17.1 Å². The number of amides is 1. The van der Waals surface area contributed by atoms with Crippen LogP contribution >= 0.6 is 15.9 Å². The predicted octanol–water partition coefficient (Wildman–Crippen LogP) is 5.56. The van der Waals surface area contributed by atoms with Crippen LogP contribution in [-0.4, -0.2) is 23.0 Å². The highest BCUT2D eigenvalue weighted by Crippen LogP contribution is 2.25. The summed E-state index contributed by atoms with van der Waals surface area (Å²) in [5.41, 5.74) is 5.06. The third kappa shape index (κ3) is 3.64. The van der Waals surface area contributed by atoms with Crippen LogP contribution in [0.5, 0.6) is 5.75 Å². The van der Waals surface area contributed by atoms with Crippen LogP contribution in [0.3, 0.4) is 0 Å². The first-order chi connectivity index (χ1) is 13.5. The van der Waals surface area contributed by atoms with Gasteiger partial charge in [0.25, 0.3) is 5.91 Å². The lowest BCUT2D eigenvalue weighted by atomic mass is 10.1. The van der Waals surface area contributed by atoms with Crippen molar-refractivity contribution in [2.75, 3.05) is 12.4 Å². The summed E-state index contributed by atoms with van der Waals surface area (Å²) in [5, 5.41) is 2.92. The number of hydrogen-bond donors (Lipinski definition) is 2. The van der Waals surface area contributed by atoms with E-state index in [4.69, 9.17) is 4.74 Å². The number of ether oxygens (including phenoxy) is 1. The molecule has 0 aliphatic carbocycles. The molecule has 140 valence electrons.